The van der Waals surface area contributed by atoms with Gasteiger partial charge in [0.05, 0.1) is 0 Å². The van der Waals surface area contributed by atoms with Crippen molar-refractivity contribution in [2.24, 2.45) is 0 Å². The lowest BCUT2D eigenvalue weighted by Crippen LogP contribution is -2.33. The molecule has 0 saturated carbocycles. The first-order chi connectivity index (χ1) is 7.86. The molecule has 0 aromatic heterocycles. The average Bonchev–Trinajstić information content (AvgIpc) is 2.43. The van der Waals surface area contributed by atoms with Crippen molar-refractivity contribution in [2.75, 3.05) is 49.9 Å². The van der Waals surface area contributed by atoms with Crippen LogP contribution in [0.1, 0.15) is 0 Å². The van der Waals surface area contributed by atoms with Gasteiger partial charge in [0.1, 0.15) is 0 Å². The van der Waals surface area contributed by atoms with E-state index in [2.05, 4.69) is 27.7 Å². The minimum atomic E-state index is 0.823. The van der Waals surface area contributed by atoms with Crippen molar-refractivity contribution < 1.29 is 0 Å². The molecule has 1 aliphatic heterocycles. The molecule has 2 rings (SSSR count). The monoisotopic (exact) mass is 220 g/mol. The van der Waals surface area contributed by atoms with Crippen molar-refractivity contribution in [3.8, 4) is 0 Å². The number of nitrogens with two attached hydrogens (primary N) is 1. The van der Waals surface area contributed by atoms with Gasteiger partial charge in [-0.3, -0.25) is 0 Å². The van der Waals surface area contributed by atoms with Crippen LogP contribution in [0.4, 0.5) is 11.4 Å². The maximum atomic E-state index is 5.69. The molecule has 1 aromatic rings. The summed E-state index contributed by atoms with van der Waals surface area (Å²) in [5, 5.41) is 6.82. The maximum absolute atomic E-state index is 5.69. The number of anilines is 2. The molecule has 1 saturated heterocycles. The first-order valence-electron chi connectivity index (χ1n) is 5.88. The van der Waals surface area contributed by atoms with Crippen LogP contribution in [0.3, 0.4) is 0 Å². The van der Waals surface area contributed by atoms with E-state index in [1.54, 1.807) is 0 Å². The van der Waals surface area contributed by atoms with Gasteiger partial charge in [0, 0.05) is 50.6 Å². The van der Waals surface area contributed by atoms with Gasteiger partial charge >= 0.3 is 0 Å². The summed E-state index contributed by atoms with van der Waals surface area (Å²) in [7, 11) is 0. The summed E-state index contributed by atoms with van der Waals surface area (Å²) in [6.45, 7) is 6.26. The van der Waals surface area contributed by atoms with Crippen molar-refractivity contribution in [1.29, 1.82) is 0 Å². The number of rotatable bonds is 1. The Morgan fingerprint density at radius 2 is 1.44 bits per heavy atom. The van der Waals surface area contributed by atoms with Gasteiger partial charge in [-0.25, -0.2) is 0 Å². The molecule has 88 valence electrons. The van der Waals surface area contributed by atoms with E-state index < -0.39 is 0 Å². The number of benzene rings is 1. The third kappa shape index (κ3) is 3.12. The molecule has 0 spiro atoms. The highest BCUT2D eigenvalue weighted by Gasteiger charge is 2.07. The van der Waals surface area contributed by atoms with Crippen molar-refractivity contribution in [2.45, 2.75) is 0 Å². The molecule has 0 unspecified atom stereocenters. The lowest BCUT2D eigenvalue weighted by atomic mass is 10.2. The minimum Gasteiger partial charge on any atom is -0.399 e. The Hall–Kier alpha value is -1.26. The van der Waals surface area contributed by atoms with Gasteiger partial charge < -0.3 is 21.3 Å². The fourth-order valence-corrected chi connectivity index (χ4v) is 1.91. The summed E-state index contributed by atoms with van der Waals surface area (Å²) >= 11 is 0. The van der Waals surface area contributed by atoms with Crippen LogP contribution in [0.5, 0.6) is 0 Å². The molecule has 0 aliphatic carbocycles. The molecular formula is C12H20N4. The van der Waals surface area contributed by atoms with Crippen LogP contribution >= 0.6 is 0 Å². The van der Waals surface area contributed by atoms with Crippen LogP contribution in [0.15, 0.2) is 24.3 Å². The second-order valence-corrected chi connectivity index (χ2v) is 4.08. The normalized spacial score (nSPS) is 18.6. The molecule has 0 amide bonds. The largest absolute Gasteiger partial charge is 0.399 e. The maximum Gasteiger partial charge on any atom is 0.0368 e. The Balaban J connectivity index is 2.01. The Kier molecular flexibility index (Phi) is 4.02. The molecule has 1 heterocycles. The van der Waals surface area contributed by atoms with Crippen LogP contribution < -0.4 is 21.3 Å². The summed E-state index contributed by atoms with van der Waals surface area (Å²) in [5.74, 6) is 0. The van der Waals surface area contributed by atoms with Gasteiger partial charge in [0.15, 0.2) is 0 Å². The zero-order valence-electron chi connectivity index (χ0n) is 9.58. The number of nitrogen functional groups attached to an aromatic ring is 1. The standard InChI is InChI=1S/C12H20N4/c13-11-1-3-12(4-2-11)16-9-7-14-5-6-15-8-10-16/h1-4,14-15H,5-10,13H2. The molecule has 0 atom stereocenters. The van der Waals surface area contributed by atoms with Gasteiger partial charge in [-0.05, 0) is 24.3 Å². The first kappa shape index (κ1) is 11.2. The van der Waals surface area contributed by atoms with E-state index in [-0.39, 0.29) is 0 Å². The van der Waals surface area contributed by atoms with E-state index >= 15 is 0 Å². The van der Waals surface area contributed by atoms with Gasteiger partial charge in [-0.1, -0.05) is 0 Å². The molecular weight excluding hydrogens is 200 g/mol. The Morgan fingerprint density at radius 3 is 2.00 bits per heavy atom. The number of hydrogen-bond acceptors (Lipinski definition) is 4. The molecule has 0 radical (unpaired) electrons. The Morgan fingerprint density at radius 1 is 0.875 bits per heavy atom. The molecule has 1 aliphatic rings. The third-order valence-corrected chi connectivity index (χ3v) is 2.85. The van der Waals surface area contributed by atoms with Crippen molar-refractivity contribution in [1.82, 2.24) is 10.6 Å². The zero-order chi connectivity index (χ0) is 11.2. The predicted molar refractivity (Wildman–Crippen MR) is 68.8 cm³/mol. The molecule has 4 nitrogen and oxygen atoms in total. The average molecular weight is 220 g/mol. The SMILES string of the molecule is Nc1ccc(N2CCNCCNCC2)cc1. The smallest absolute Gasteiger partial charge is 0.0368 e. The quantitative estimate of drug-likeness (QED) is 0.595. The van der Waals surface area contributed by atoms with Gasteiger partial charge in [-0.2, -0.15) is 0 Å². The lowest BCUT2D eigenvalue weighted by molar-refractivity contribution is 0.652. The lowest BCUT2D eigenvalue weighted by Gasteiger charge is -2.24. The second-order valence-electron chi connectivity index (χ2n) is 4.08. The summed E-state index contributed by atoms with van der Waals surface area (Å²) in [4.78, 5) is 2.38. The molecule has 0 bridgehead atoms. The van der Waals surface area contributed by atoms with Crippen LogP contribution in [-0.4, -0.2) is 39.3 Å². The fourth-order valence-electron chi connectivity index (χ4n) is 1.91. The number of nitrogens with one attached hydrogen (secondary N) is 2. The van der Waals surface area contributed by atoms with Crippen LogP contribution in [0, 0.1) is 0 Å². The number of nitrogens with zero attached hydrogens (tertiary/aromatic N) is 1. The van der Waals surface area contributed by atoms with E-state index in [1.165, 1.54) is 5.69 Å². The fraction of sp³-hybridized carbons (Fsp3) is 0.500. The summed E-state index contributed by atoms with van der Waals surface area (Å²) in [6, 6.07) is 8.10. The van der Waals surface area contributed by atoms with E-state index in [4.69, 9.17) is 5.73 Å². The third-order valence-electron chi connectivity index (χ3n) is 2.85. The van der Waals surface area contributed by atoms with Crippen molar-refractivity contribution in [3.63, 3.8) is 0 Å². The minimum absolute atomic E-state index is 0.823. The predicted octanol–water partition coefficient (Wildman–Crippen LogP) is 0.268. The van der Waals surface area contributed by atoms with Crippen LogP contribution in [0.2, 0.25) is 0 Å². The molecule has 1 aromatic carbocycles. The topological polar surface area (TPSA) is 53.3 Å². The molecule has 1 fully saturated rings. The zero-order valence-corrected chi connectivity index (χ0v) is 9.58. The van der Waals surface area contributed by atoms with Crippen molar-refractivity contribution >= 4 is 11.4 Å². The van der Waals surface area contributed by atoms with Gasteiger partial charge in [0.25, 0.3) is 0 Å². The van der Waals surface area contributed by atoms with Crippen LogP contribution in [0.25, 0.3) is 0 Å². The van der Waals surface area contributed by atoms with E-state index in [1.807, 2.05) is 12.1 Å². The van der Waals surface area contributed by atoms with Crippen LogP contribution in [-0.2, 0) is 0 Å². The van der Waals surface area contributed by atoms with E-state index in [0.717, 1.165) is 45.0 Å². The van der Waals surface area contributed by atoms with Gasteiger partial charge in [0.2, 0.25) is 0 Å². The van der Waals surface area contributed by atoms with E-state index in [0.29, 0.717) is 0 Å². The summed E-state index contributed by atoms with van der Waals surface area (Å²) in [6.07, 6.45) is 0. The summed E-state index contributed by atoms with van der Waals surface area (Å²) < 4.78 is 0. The highest BCUT2D eigenvalue weighted by molar-refractivity contribution is 5.53. The Labute approximate surface area is 96.8 Å². The summed E-state index contributed by atoms with van der Waals surface area (Å²) in [5.41, 5.74) is 7.77. The highest BCUT2D eigenvalue weighted by Crippen LogP contribution is 2.15. The van der Waals surface area contributed by atoms with E-state index in [9.17, 15) is 0 Å². The highest BCUT2D eigenvalue weighted by atomic mass is 15.2. The number of hydrogen-bond donors (Lipinski definition) is 3. The molecule has 4 heteroatoms. The molecule has 4 N–H and O–H groups in total. The van der Waals surface area contributed by atoms with Crippen molar-refractivity contribution in [3.05, 3.63) is 24.3 Å². The molecule has 16 heavy (non-hydrogen) atoms. The van der Waals surface area contributed by atoms with Gasteiger partial charge in [-0.15, -0.1) is 0 Å². The second kappa shape index (κ2) is 5.72. The first-order valence-corrected chi connectivity index (χ1v) is 5.88. The Bertz CT molecular complexity index is 299.